The van der Waals surface area contributed by atoms with E-state index in [-0.39, 0.29) is 16.9 Å². The lowest BCUT2D eigenvalue weighted by Gasteiger charge is -2.10. The molecule has 1 aromatic carbocycles. The molecule has 1 atom stereocenters. The Morgan fingerprint density at radius 2 is 2.06 bits per heavy atom. The van der Waals surface area contributed by atoms with Crippen LogP contribution in [-0.2, 0) is 6.42 Å². The third-order valence-electron chi connectivity index (χ3n) is 2.99. The molecule has 0 aliphatic rings. The summed E-state index contributed by atoms with van der Waals surface area (Å²) in [6, 6.07) is 6.86. The van der Waals surface area contributed by atoms with Crippen molar-refractivity contribution in [3.05, 3.63) is 56.0 Å². The third-order valence-corrected chi connectivity index (χ3v) is 4.58. The Kier molecular flexibility index (Phi) is 4.05. The van der Waals surface area contributed by atoms with Crippen LogP contribution < -0.4 is 5.73 Å². The number of nitrogens with two attached hydrogens (primary N) is 1. The third kappa shape index (κ3) is 2.91. The van der Waals surface area contributed by atoms with Gasteiger partial charge >= 0.3 is 0 Å². The van der Waals surface area contributed by atoms with Gasteiger partial charge < -0.3 is 5.73 Å². The van der Waals surface area contributed by atoms with Gasteiger partial charge in [-0.15, -0.1) is 11.3 Å². The van der Waals surface area contributed by atoms with Gasteiger partial charge in [-0.2, -0.15) is 0 Å². The van der Waals surface area contributed by atoms with Gasteiger partial charge in [0.25, 0.3) is 0 Å². The second-order valence-corrected chi connectivity index (χ2v) is 6.14. The quantitative estimate of drug-likeness (QED) is 0.888. The molecule has 0 aliphatic heterocycles. The fraction of sp³-hybridized carbons (Fsp3) is 0.286. The van der Waals surface area contributed by atoms with Crippen LogP contribution in [0.15, 0.2) is 24.3 Å². The predicted molar refractivity (Wildman–Crippen MR) is 75.8 cm³/mol. The Balaban J connectivity index is 2.15. The minimum atomic E-state index is -0.389. The average Bonchev–Trinajstić information content (AvgIpc) is 2.65. The van der Waals surface area contributed by atoms with Crippen molar-refractivity contribution in [3.8, 4) is 0 Å². The van der Waals surface area contributed by atoms with E-state index in [4.69, 9.17) is 17.3 Å². The van der Waals surface area contributed by atoms with Crippen molar-refractivity contribution < 1.29 is 4.39 Å². The molecule has 0 saturated heterocycles. The summed E-state index contributed by atoms with van der Waals surface area (Å²) in [6.45, 7) is 4.15. The molecule has 1 heterocycles. The van der Waals surface area contributed by atoms with Gasteiger partial charge in [-0.1, -0.05) is 17.7 Å². The smallest absolute Gasteiger partial charge is 0.142 e. The van der Waals surface area contributed by atoms with Gasteiger partial charge in [0.15, 0.2) is 0 Å². The highest BCUT2D eigenvalue weighted by atomic mass is 35.5. The van der Waals surface area contributed by atoms with E-state index in [0.29, 0.717) is 6.42 Å². The van der Waals surface area contributed by atoms with Crippen LogP contribution in [0.3, 0.4) is 0 Å². The Bertz CT molecular complexity index is 545. The average molecular weight is 284 g/mol. The zero-order chi connectivity index (χ0) is 13.3. The Hall–Kier alpha value is -0.900. The van der Waals surface area contributed by atoms with Crippen molar-refractivity contribution in [2.24, 2.45) is 5.73 Å². The first kappa shape index (κ1) is 13.5. The maximum absolute atomic E-state index is 13.3. The lowest BCUT2D eigenvalue weighted by Crippen LogP contribution is -2.11. The zero-order valence-electron chi connectivity index (χ0n) is 10.3. The van der Waals surface area contributed by atoms with Gasteiger partial charge in [-0.25, -0.2) is 4.39 Å². The van der Waals surface area contributed by atoms with Crippen LogP contribution in [0.25, 0.3) is 0 Å². The number of rotatable bonds is 3. The molecule has 18 heavy (non-hydrogen) atoms. The summed E-state index contributed by atoms with van der Waals surface area (Å²) < 4.78 is 13.3. The van der Waals surface area contributed by atoms with Crippen molar-refractivity contribution in [1.82, 2.24) is 0 Å². The van der Waals surface area contributed by atoms with Gasteiger partial charge in [0, 0.05) is 15.8 Å². The molecular weight excluding hydrogens is 269 g/mol. The number of thiophene rings is 1. The zero-order valence-corrected chi connectivity index (χ0v) is 11.9. The molecule has 4 heteroatoms. The first-order valence-electron chi connectivity index (χ1n) is 5.74. The minimum Gasteiger partial charge on any atom is -0.323 e. The van der Waals surface area contributed by atoms with E-state index in [0.717, 1.165) is 10.4 Å². The summed E-state index contributed by atoms with van der Waals surface area (Å²) in [5.74, 6) is -0.389. The van der Waals surface area contributed by atoms with Gasteiger partial charge in [-0.3, -0.25) is 0 Å². The SMILES string of the molecule is Cc1cc(C(N)Cc2ccc(Cl)c(F)c2)sc1C. The highest BCUT2D eigenvalue weighted by molar-refractivity contribution is 7.12. The van der Waals surface area contributed by atoms with Crippen LogP contribution in [0.2, 0.25) is 5.02 Å². The minimum absolute atomic E-state index is 0.0945. The lowest BCUT2D eigenvalue weighted by molar-refractivity contribution is 0.623. The molecule has 0 bridgehead atoms. The molecule has 96 valence electrons. The summed E-state index contributed by atoms with van der Waals surface area (Å²) in [6.07, 6.45) is 0.619. The number of hydrogen-bond acceptors (Lipinski definition) is 2. The molecule has 0 spiro atoms. The molecule has 0 radical (unpaired) electrons. The molecule has 0 fully saturated rings. The van der Waals surface area contributed by atoms with Crippen molar-refractivity contribution >= 4 is 22.9 Å². The van der Waals surface area contributed by atoms with Crippen LogP contribution >= 0.6 is 22.9 Å². The van der Waals surface area contributed by atoms with Crippen molar-refractivity contribution in [1.29, 1.82) is 0 Å². The van der Waals surface area contributed by atoms with Gasteiger partial charge in [0.05, 0.1) is 5.02 Å². The molecule has 2 rings (SSSR count). The standard InChI is InChI=1S/C14H15ClFNS/c1-8-5-14(18-9(8)2)13(17)7-10-3-4-11(15)12(16)6-10/h3-6,13H,7,17H2,1-2H3. The number of halogens is 2. The summed E-state index contributed by atoms with van der Waals surface area (Å²) in [4.78, 5) is 2.42. The molecule has 0 amide bonds. The van der Waals surface area contributed by atoms with E-state index in [1.807, 2.05) is 6.07 Å². The molecule has 2 aromatic rings. The van der Waals surface area contributed by atoms with E-state index in [2.05, 4.69) is 19.9 Å². The first-order valence-corrected chi connectivity index (χ1v) is 6.93. The maximum Gasteiger partial charge on any atom is 0.142 e. The fourth-order valence-electron chi connectivity index (χ4n) is 1.81. The first-order chi connectivity index (χ1) is 8.47. The topological polar surface area (TPSA) is 26.0 Å². The second-order valence-electron chi connectivity index (χ2n) is 4.45. The normalized spacial score (nSPS) is 12.7. The predicted octanol–water partition coefficient (Wildman–Crippen LogP) is 4.40. The number of benzene rings is 1. The molecule has 0 saturated carbocycles. The highest BCUT2D eigenvalue weighted by Crippen LogP contribution is 2.27. The molecule has 1 unspecified atom stereocenters. The fourth-order valence-corrected chi connectivity index (χ4v) is 2.97. The second kappa shape index (κ2) is 5.39. The Morgan fingerprint density at radius 3 is 2.61 bits per heavy atom. The summed E-state index contributed by atoms with van der Waals surface area (Å²) in [5, 5.41) is 0.148. The monoisotopic (exact) mass is 283 g/mol. The van der Waals surface area contributed by atoms with E-state index < -0.39 is 0 Å². The molecule has 0 aliphatic carbocycles. The molecule has 1 nitrogen and oxygen atoms in total. The van der Waals surface area contributed by atoms with Crippen molar-refractivity contribution in [2.45, 2.75) is 26.3 Å². The molecule has 1 aromatic heterocycles. The Morgan fingerprint density at radius 1 is 1.33 bits per heavy atom. The number of hydrogen-bond donors (Lipinski definition) is 1. The number of aryl methyl sites for hydroxylation is 2. The largest absolute Gasteiger partial charge is 0.323 e. The lowest BCUT2D eigenvalue weighted by atomic mass is 10.0. The summed E-state index contributed by atoms with van der Waals surface area (Å²) in [7, 11) is 0. The van der Waals surface area contributed by atoms with Gasteiger partial charge in [0.2, 0.25) is 0 Å². The van der Waals surface area contributed by atoms with Crippen LogP contribution in [0, 0.1) is 19.7 Å². The van der Waals surface area contributed by atoms with Crippen LogP contribution in [0.5, 0.6) is 0 Å². The summed E-state index contributed by atoms with van der Waals surface area (Å²) >= 11 is 7.36. The van der Waals surface area contributed by atoms with E-state index in [1.165, 1.54) is 16.5 Å². The Labute approximate surface area is 115 Å². The molecule has 2 N–H and O–H groups in total. The summed E-state index contributed by atoms with van der Waals surface area (Å²) in [5.41, 5.74) is 8.28. The van der Waals surface area contributed by atoms with Crippen molar-refractivity contribution in [2.75, 3.05) is 0 Å². The van der Waals surface area contributed by atoms with Gasteiger partial charge in [0.1, 0.15) is 5.82 Å². The highest BCUT2D eigenvalue weighted by Gasteiger charge is 2.12. The van der Waals surface area contributed by atoms with E-state index in [9.17, 15) is 4.39 Å². The molecular formula is C14H15ClFNS. The van der Waals surface area contributed by atoms with Crippen LogP contribution in [0.4, 0.5) is 4.39 Å². The van der Waals surface area contributed by atoms with E-state index >= 15 is 0 Å². The maximum atomic E-state index is 13.3. The van der Waals surface area contributed by atoms with Crippen LogP contribution in [0.1, 0.15) is 26.9 Å². The van der Waals surface area contributed by atoms with E-state index in [1.54, 1.807) is 17.4 Å². The van der Waals surface area contributed by atoms with Crippen LogP contribution in [-0.4, -0.2) is 0 Å². The van der Waals surface area contributed by atoms with Gasteiger partial charge in [-0.05, 0) is 49.6 Å². The van der Waals surface area contributed by atoms with Crippen molar-refractivity contribution in [3.63, 3.8) is 0 Å².